The summed E-state index contributed by atoms with van der Waals surface area (Å²) in [5.74, 6) is -0.217. The number of nitrogens with zero attached hydrogens (tertiary/aromatic N) is 2. The first-order chi connectivity index (χ1) is 10.5. The van der Waals surface area contributed by atoms with Gasteiger partial charge < -0.3 is 10.2 Å². The average molecular weight is 319 g/mol. The Balaban J connectivity index is 1.97. The maximum Gasteiger partial charge on any atom is 0.240 e. The Morgan fingerprint density at radius 1 is 1.41 bits per heavy atom. The highest BCUT2D eigenvalue weighted by Gasteiger charge is 2.33. The first-order valence-corrected chi connectivity index (χ1v) is 8.26. The third-order valence-corrected chi connectivity index (χ3v) is 4.68. The Morgan fingerprint density at radius 3 is 2.73 bits per heavy atom. The molecular formula is C16H21N3O2S. The molecule has 0 spiro atoms. The molecule has 0 bridgehead atoms. The SMILES string of the molecule is CCC(C)N=C1NC(=O)C(CC(=O)N(C)c2ccccc2)S1. The highest BCUT2D eigenvalue weighted by atomic mass is 32.2. The van der Waals surface area contributed by atoms with Crippen molar-refractivity contribution in [2.45, 2.75) is 38.0 Å². The van der Waals surface area contributed by atoms with Gasteiger partial charge in [0.15, 0.2) is 5.17 Å². The van der Waals surface area contributed by atoms with Gasteiger partial charge in [-0.25, -0.2) is 0 Å². The molecule has 1 saturated heterocycles. The predicted octanol–water partition coefficient (Wildman–Crippen LogP) is 2.43. The summed E-state index contributed by atoms with van der Waals surface area (Å²) < 4.78 is 0. The predicted molar refractivity (Wildman–Crippen MR) is 91.2 cm³/mol. The smallest absolute Gasteiger partial charge is 0.240 e. The first-order valence-electron chi connectivity index (χ1n) is 7.38. The van der Waals surface area contributed by atoms with Crippen LogP contribution in [-0.2, 0) is 9.59 Å². The van der Waals surface area contributed by atoms with E-state index >= 15 is 0 Å². The molecule has 118 valence electrons. The lowest BCUT2D eigenvalue weighted by atomic mass is 10.2. The van der Waals surface area contributed by atoms with Crippen molar-refractivity contribution in [3.8, 4) is 0 Å². The summed E-state index contributed by atoms with van der Waals surface area (Å²) in [6.07, 6.45) is 1.09. The van der Waals surface area contributed by atoms with Crippen molar-refractivity contribution in [1.82, 2.24) is 5.32 Å². The van der Waals surface area contributed by atoms with Crippen molar-refractivity contribution in [1.29, 1.82) is 0 Å². The number of benzene rings is 1. The van der Waals surface area contributed by atoms with Gasteiger partial charge >= 0.3 is 0 Å². The summed E-state index contributed by atoms with van der Waals surface area (Å²) in [6, 6.07) is 9.58. The lowest BCUT2D eigenvalue weighted by Gasteiger charge is -2.18. The van der Waals surface area contributed by atoms with Gasteiger partial charge in [0, 0.05) is 25.2 Å². The van der Waals surface area contributed by atoms with Crippen LogP contribution in [0.1, 0.15) is 26.7 Å². The third kappa shape index (κ3) is 4.10. The molecule has 2 rings (SSSR count). The van der Waals surface area contributed by atoms with Gasteiger partial charge in [-0.2, -0.15) is 0 Å². The summed E-state index contributed by atoms with van der Waals surface area (Å²) in [6.45, 7) is 4.05. The van der Waals surface area contributed by atoms with Gasteiger partial charge in [0.2, 0.25) is 11.8 Å². The zero-order valence-electron chi connectivity index (χ0n) is 13.1. The monoisotopic (exact) mass is 319 g/mol. The second-order valence-electron chi connectivity index (χ2n) is 5.28. The number of amides is 2. The maximum atomic E-state index is 12.3. The number of para-hydroxylation sites is 1. The number of hydrogen-bond donors (Lipinski definition) is 1. The highest BCUT2D eigenvalue weighted by molar-refractivity contribution is 8.15. The topological polar surface area (TPSA) is 61.8 Å². The normalized spacial score (nSPS) is 20.8. The standard InChI is InChI=1S/C16H21N3O2S/c1-4-11(2)17-16-18-15(21)13(22-16)10-14(20)19(3)12-8-6-5-7-9-12/h5-9,11,13H,4,10H2,1-3H3,(H,17,18,21). The van der Waals surface area contributed by atoms with Crippen LogP contribution in [0.2, 0.25) is 0 Å². The van der Waals surface area contributed by atoms with Crippen molar-refractivity contribution < 1.29 is 9.59 Å². The van der Waals surface area contributed by atoms with E-state index < -0.39 is 5.25 Å². The molecule has 1 aliphatic rings. The van der Waals surface area contributed by atoms with E-state index in [1.807, 2.05) is 44.2 Å². The fraction of sp³-hybridized carbons (Fsp3) is 0.438. The molecule has 1 aliphatic heterocycles. The molecule has 0 aliphatic carbocycles. The van der Waals surface area contributed by atoms with Gasteiger partial charge in [0.1, 0.15) is 5.25 Å². The number of amidine groups is 1. The molecular weight excluding hydrogens is 298 g/mol. The lowest BCUT2D eigenvalue weighted by Crippen LogP contribution is -2.32. The van der Waals surface area contributed by atoms with E-state index in [0.29, 0.717) is 5.17 Å². The quantitative estimate of drug-likeness (QED) is 0.906. The number of anilines is 1. The summed E-state index contributed by atoms with van der Waals surface area (Å²) >= 11 is 1.35. The summed E-state index contributed by atoms with van der Waals surface area (Å²) in [5.41, 5.74) is 0.824. The van der Waals surface area contributed by atoms with Crippen molar-refractivity contribution in [3.63, 3.8) is 0 Å². The number of rotatable bonds is 5. The van der Waals surface area contributed by atoms with Crippen LogP contribution in [0, 0.1) is 0 Å². The van der Waals surface area contributed by atoms with E-state index in [1.54, 1.807) is 11.9 Å². The molecule has 1 aromatic carbocycles. The highest BCUT2D eigenvalue weighted by Crippen LogP contribution is 2.24. The van der Waals surface area contributed by atoms with Gasteiger partial charge in [0.25, 0.3) is 0 Å². The van der Waals surface area contributed by atoms with E-state index in [4.69, 9.17) is 0 Å². The molecule has 2 unspecified atom stereocenters. The first kappa shape index (κ1) is 16.5. The zero-order valence-corrected chi connectivity index (χ0v) is 13.9. The van der Waals surface area contributed by atoms with E-state index in [-0.39, 0.29) is 24.3 Å². The maximum absolute atomic E-state index is 12.3. The van der Waals surface area contributed by atoms with Gasteiger partial charge in [-0.1, -0.05) is 36.9 Å². The van der Waals surface area contributed by atoms with Crippen LogP contribution in [0.5, 0.6) is 0 Å². The molecule has 22 heavy (non-hydrogen) atoms. The van der Waals surface area contributed by atoms with E-state index in [9.17, 15) is 9.59 Å². The van der Waals surface area contributed by atoms with Gasteiger partial charge in [0.05, 0.1) is 0 Å². The molecule has 1 aromatic rings. The summed E-state index contributed by atoms with van der Waals surface area (Å²) in [4.78, 5) is 30.3. The number of thioether (sulfide) groups is 1. The van der Waals surface area contributed by atoms with Gasteiger partial charge in [-0.05, 0) is 25.5 Å². The van der Waals surface area contributed by atoms with Crippen LogP contribution in [0.3, 0.4) is 0 Å². The summed E-state index contributed by atoms with van der Waals surface area (Å²) in [7, 11) is 1.73. The minimum absolute atomic E-state index is 0.0800. The molecule has 0 aromatic heterocycles. The number of carbonyl (C=O) groups is 2. The molecule has 5 nitrogen and oxygen atoms in total. The van der Waals surface area contributed by atoms with Crippen LogP contribution >= 0.6 is 11.8 Å². The molecule has 0 radical (unpaired) electrons. The Bertz CT molecular complexity index is 574. The number of aliphatic imine (C=N–C) groups is 1. The Morgan fingerprint density at radius 2 is 2.09 bits per heavy atom. The molecule has 0 saturated carbocycles. The van der Waals surface area contributed by atoms with Crippen LogP contribution in [0.15, 0.2) is 35.3 Å². The second-order valence-corrected chi connectivity index (χ2v) is 6.47. The summed E-state index contributed by atoms with van der Waals surface area (Å²) in [5, 5.41) is 2.98. The third-order valence-electron chi connectivity index (χ3n) is 3.58. The van der Waals surface area contributed by atoms with E-state index in [2.05, 4.69) is 10.3 Å². The Hall–Kier alpha value is -1.82. The lowest BCUT2D eigenvalue weighted by molar-refractivity contribution is -0.123. The van der Waals surface area contributed by atoms with E-state index in [1.165, 1.54) is 11.8 Å². The number of carbonyl (C=O) groups excluding carboxylic acids is 2. The van der Waals surface area contributed by atoms with Crippen molar-refractivity contribution in [2.24, 2.45) is 4.99 Å². The average Bonchev–Trinajstić information content (AvgIpc) is 2.86. The zero-order chi connectivity index (χ0) is 16.1. The van der Waals surface area contributed by atoms with Crippen molar-refractivity contribution in [2.75, 3.05) is 11.9 Å². The number of nitrogens with one attached hydrogen (secondary N) is 1. The van der Waals surface area contributed by atoms with Crippen LogP contribution in [-0.4, -0.2) is 35.3 Å². The number of hydrogen-bond acceptors (Lipinski definition) is 4. The van der Waals surface area contributed by atoms with Crippen molar-refractivity contribution in [3.05, 3.63) is 30.3 Å². The Kier molecular flexibility index (Phi) is 5.60. The van der Waals surface area contributed by atoms with Crippen LogP contribution in [0.4, 0.5) is 5.69 Å². The fourth-order valence-electron chi connectivity index (χ4n) is 1.98. The molecule has 2 amide bonds. The van der Waals surface area contributed by atoms with Gasteiger partial charge in [-0.15, -0.1) is 0 Å². The Labute approximate surface area is 135 Å². The molecule has 1 heterocycles. The van der Waals surface area contributed by atoms with Crippen LogP contribution in [0.25, 0.3) is 0 Å². The molecule has 1 fully saturated rings. The molecule has 2 atom stereocenters. The minimum Gasteiger partial charge on any atom is -0.315 e. The molecule has 1 N–H and O–H groups in total. The van der Waals surface area contributed by atoms with Crippen LogP contribution < -0.4 is 10.2 Å². The largest absolute Gasteiger partial charge is 0.315 e. The van der Waals surface area contributed by atoms with Crippen molar-refractivity contribution >= 4 is 34.4 Å². The van der Waals surface area contributed by atoms with E-state index in [0.717, 1.165) is 12.1 Å². The molecule has 6 heteroatoms. The fourth-order valence-corrected chi connectivity index (χ4v) is 3.04. The second kappa shape index (κ2) is 7.45. The van der Waals surface area contributed by atoms with Gasteiger partial charge in [-0.3, -0.25) is 14.6 Å². The minimum atomic E-state index is -0.401.